The van der Waals surface area contributed by atoms with Crippen molar-refractivity contribution in [3.05, 3.63) is 28.2 Å². The van der Waals surface area contributed by atoms with Gasteiger partial charge in [-0.1, -0.05) is 36.5 Å². The Labute approximate surface area is 132 Å². The van der Waals surface area contributed by atoms with Gasteiger partial charge in [0, 0.05) is 18.7 Å². The average Bonchev–Trinajstić information content (AvgIpc) is 3.11. The van der Waals surface area contributed by atoms with E-state index in [2.05, 4.69) is 17.4 Å². The molecule has 0 radical (unpaired) electrons. The summed E-state index contributed by atoms with van der Waals surface area (Å²) in [5.41, 5.74) is 5.92. The Balaban J connectivity index is 2.01. The molecule has 0 aliphatic carbocycles. The highest BCUT2D eigenvalue weighted by Gasteiger charge is 2.17. The van der Waals surface area contributed by atoms with E-state index >= 15 is 0 Å². The third-order valence-electron chi connectivity index (χ3n) is 3.08. The van der Waals surface area contributed by atoms with Gasteiger partial charge in [0.1, 0.15) is 0 Å². The number of unbranched alkanes of at least 4 members (excludes halogenated alkanes) is 1. The second kappa shape index (κ2) is 7.59. The van der Waals surface area contributed by atoms with Crippen molar-refractivity contribution in [2.75, 3.05) is 6.54 Å². The number of hydrogen-bond donors (Lipinski definition) is 2. The van der Waals surface area contributed by atoms with E-state index in [1.807, 2.05) is 6.07 Å². The molecule has 0 fully saturated rings. The fourth-order valence-corrected chi connectivity index (χ4v) is 2.90. The zero-order valence-corrected chi connectivity index (χ0v) is 13.3. The van der Waals surface area contributed by atoms with Crippen molar-refractivity contribution in [1.29, 1.82) is 0 Å². The summed E-state index contributed by atoms with van der Waals surface area (Å²) in [6, 6.07) is 5.19. The van der Waals surface area contributed by atoms with Crippen LogP contribution in [0.4, 0.5) is 0 Å². The Kier molecular flexibility index (Phi) is 5.78. The van der Waals surface area contributed by atoms with Crippen molar-refractivity contribution in [3.63, 3.8) is 0 Å². The van der Waals surface area contributed by atoms with Crippen molar-refractivity contribution in [2.24, 2.45) is 5.73 Å². The van der Waals surface area contributed by atoms with Gasteiger partial charge in [0.05, 0.1) is 9.21 Å². The maximum atomic E-state index is 12.1. The first-order chi connectivity index (χ1) is 10.1. The lowest BCUT2D eigenvalue weighted by Crippen LogP contribution is -2.40. The van der Waals surface area contributed by atoms with Crippen LogP contribution in [0.5, 0.6) is 0 Å². The van der Waals surface area contributed by atoms with E-state index in [4.69, 9.17) is 21.9 Å². The maximum Gasteiger partial charge on any atom is 0.273 e. The van der Waals surface area contributed by atoms with Crippen LogP contribution in [-0.4, -0.2) is 23.7 Å². The zero-order chi connectivity index (χ0) is 15.2. The number of carbonyl (C=O) groups is 1. The van der Waals surface area contributed by atoms with E-state index in [1.54, 1.807) is 12.1 Å². The Morgan fingerprint density at radius 1 is 1.57 bits per heavy atom. The van der Waals surface area contributed by atoms with Gasteiger partial charge < -0.3 is 15.6 Å². The normalized spacial score (nSPS) is 12.3. The molecule has 0 saturated carbocycles. The minimum Gasteiger partial charge on any atom is -0.355 e. The SMILES string of the molecule is CCCCC(CN)NC(=O)c1cc(-c2ccc(Cl)s2)on1. The number of aromatic nitrogens is 1. The molecule has 114 valence electrons. The number of rotatable bonds is 7. The summed E-state index contributed by atoms with van der Waals surface area (Å²) >= 11 is 7.25. The molecule has 0 aromatic carbocycles. The van der Waals surface area contributed by atoms with Gasteiger partial charge in [0.25, 0.3) is 5.91 Å². The molecule has 2 rings (SSSR count). The van der Waals surface area contributed by atoms with Crippen molar-refractivity contribution < 1.29 is 9.32 Å². The van der Waals surface area contributed by atoms with Gasteiger partial charge in [-0.15, -0.1) is 11.3 Å². The Bertz CT molecular complexity index is 597. The first kappa shape index (κ1) is 16.0. The quantitative estimate of drug-likeness (QED) is 0.817. The van der Waals surface area contributed by atoms with Crippen molar-refractivity contribution in [2.45, 2.75) is 32.2 Å². The zero-order valence-electron chi connectivity index (χ0n) is 11.8. The molecule has 5 nitrogen and oxygen atoms in total. The molecule has 1 amide bonds. The largest absolute Gasteiger partial charge is 0.355 e. The smallest absolute Gasteiger partial charge is 0.273 e. The molecule has 2 aromatic rings. The van der Waals surface area contributed by atoms with E-state index in [1.165, 1.54) is 11.3 Å². The summed E-state index contributed by atoms with van der Waals surface area (Å²) in [6.45, 7) is 2.52. The minimum absolute atomic E-state index is 0.0335. The molecule has 1 unspecified atom stereocenters. The predicted octanol–water partition coefficient (Wildman–Crippen LogP) is 3.30. The highest BCUT2D eigenvalue weighted by molar-refractivity contribution is 7.19. The number of amides is 1. The van der Waals surface area contributed by atoms with E-state index in [9.17, 15) is 4.79 Å². The molecule has 0 saturated heterocycles. The van der Waals surface area contributed by atoms with Crippen molar-refractivity contribution in [3.8, 4) is 10.6 Å². The highest BCUT2D eigenvalue weighted by atomic mass is 35.5. The number of nitrogens with two attached hydrogens (primary N) is 1. The number of thiophene rings is 1. The van der Waals surface area contributed by atoms with E-state index in [0.717, 1.165) is 24.1 Å². The summed E-state index contributed by atoms with van der Waals surface area (Å²) < 4.78 is 5.85. The first-order valence-electron chi connectivity index (χ1n) is 6.87. The van der Waals surface area contributed by atoms with Gasteiger partial charge in [-0.25, -0.2) is 0 Å². The lowest BCUT2D eigenvalue weighted by Gasteiger charge is -2.15. The monoisotopic (exact) mass is 327 g/mol. The fraction of sp³-hybridized carbons (Fsp3) is 0.429. The summed E-state index contributed by atoms with van der Waals surface area (Å²) in [7, 11) is 0. The van der Waals surface area contributed by atoms with Crippen LogP contribution < -0.4 is 11.1 Å². The van der Waals surface area contributed by atoms with Gasteiger partial charge in [-0.3, -0.25) is 4.79 Å². The van der Waals surface area contributed by atoms with Gasteiger partial charge in [0.2, 0.25) is 0 Å². The molecule has 7 heteroatoms. The van der Waals surface area contributed by atoms with Crippen LogP contribution in [0.15, 0.2) is 22.7 Å². The molecule has 2 aromatic heterocycles. The van der Waals surface area contributed by atoms with Crippen LogP contribution in [0, 0.1) is 0 Å². The molecule has 3 N–H and O–H groups in total. The number of hydrogen-bond acceptors (Lipinski definition) is 5. The van der Waals surface area contributed by atoms with Gasteiger partial charge in [-0.2, -0.15) is 0 Å². The standard InChI is InChI=1S/C14H18ClN3O2S/c1-2-3-4-9(8-16)17-14(19)10-7-11(20-18-10)12-5-6-13(15)21-12/h5-7,9H,2-4,8,16H2,1H3,(H,17,19). The van der Waals surface area contributed by atoms with Crippen LogP contribution >= 0.6 is 22.9 Å². The molecule has 21 heavy (non-hydrogen) atoms. The van der Waals surface area contributed by atoms with E-state index in [-0.39, 0.29) is 17.6 Å². The highest BCUT2D eigenvalue weighted by Crippen LogP contribution is 2.31. The van der Waals surface area contributed by atoms with Crippen molar-refractivity contribution in [1.82, 2.24) is 10.5 Å². The lowest BCUT2D eigenvalue weighted by atomic mass is 10.1. The lowest BCUT2D eigenvalue weighted by molar-refractivity contribution is 0.0926. The molecule has 0 spiro atoms. The number of nitrogens with one attached hydrogen (secondary N) is 1. The summed E-state index contributed by atoms with van der Waals surface area (Å²) in [4.78, 5) is 13.0. The first-order valence-corrected chi connectivity index (χ1v) is 8.06. The van der Waals surface area contributed by atoms with E-state index < -0.39 is 0 Å². The molecule has 2 heterocycles. The summed E-state index contributed by atoms with van der Waals surface area (Å²) in [6.07, 6.45) is 2.96. The van der Waals surface area contributed by atoms with Crippen LogP contribution in [-0.2, 0) is 0 Å². The van der Waals surface area contributed by atoms with Crippen LogP contribution in [0.2, 0.25) is 4.34 Å². The topological polar surface area (TPSA) is 81.1 Å². The van der Waals surface area contributed by atoms with Crippen LogP contribution in [0.3, 0.4) is 0 Å². The second-order valence-electron chi connectivity index (χ2n) is 4.73. The number of halogens is 1. The third-order valence-corrected chi connectivity index (χ3v) is 4.33. The fourth-order valence-electron chi connectivity index (χ4n) is 1.90. The van der Waals surface area contributed by atoms with Gasteiger partial charge in [0.15, 0.2) is 11.5 Å². The third kappa shape index (κ3) is 4.30. The molecule has 0 bridgehead atoms. The molecular formula is C14H18ClN3O2S. The molecule has 1 atom stereocenters. The average molecular weight is 328 g/mol. The summed E-state index contributed by atoms with van der Waals surface area (Å²) in [5.74, 6) is 0.272. The van der Waals surface area contributed by atoms with Gasteiger partial charge in [-0.05, 0) is 18.6 Å². The Hall–Kier alpha value is -1.37. The van der Waals surface area contributed by atoms with E-state index in [0.29, 0.717) is 16.6 Å². The number of carbonyl (C=O) groups excluding carboxylic acids is 1. The van der Waals surface area contributed by atoms with Crippen LogP contribution in [0.25, 0.3) is 10.6 Å². The Morgan fingerprint density at radius 3 is 3.00 bits per heavy atom. The second-order valence-corrected chi connectivity index (χ2v) is 6.44. The van der Waals surface area contributed by atoms with Crippen LogP contribution in [0.1, 0.15) is 36.7 Å². The summed E-state index contributed by atoms with van der Waals surface area (Å²) in [5, 5.41) is 6.68. The molecular weight excluding hydrogens is 310 g/mol. The molecule has 0 aliphatic heterocycles. The van der Waals surface area contributed by atoms with Gasteiger partial charge >= 0.3 is 0 Å². The minimum atomic E-state index is -0.265. The molecule has 0 aliphatic rings. The van der Waals surface area contributed by atoms with Crippen molar-refractivity contribution >= 4 is 28.8 Å². The predicted molar refractivity (Wildman–Crippen MR) is 84.7 cm³/mol. The maximum absolute atomic E-state index is 12.1. The Morgan fingerprint density at radius 2 is 2.38 bits per heavy atom. The number of nitrogens with zero attached hydrogens (tertiary/aromatic N) is 1.